The van der Waals surface area contributed by atoms with Crippen LogP contribution in [0.5, 0.6) is 5.75 Å². The molecule has 71 heavy (non-hydrogen) atoms. The van der Waals surface area contributed by atoms with Crippen molar-refractivity contribution in [2.24, 2.45) is 40.5 Å². The number of allylic oxidation sites excluding steroid dienone is 1. The summed E-state index contributed by atoms with van der Waals surface area (Å²) in [5.74, 6) is 0.424. The zero-order chi connectivity index (χ0) is 50.6. The molecule has 2 amide bonds. The first-order chi connectivity index (χ1) is 33.2. The molecule has 1 aromatic heterocycles. The van der Waals surface area contributed by atoms with E-state index in [1.807, 2.05) is 62.4 Å². The third kappa shape index (κ3) is 12.9. The van der Waals surface area contributed by atoms with Gasteiger partial charge in [0.25, 0.3) is 5.91 Å². The van der Waals surface area contributed by atoms with Crippen LogP contribution in [0, 0.1) is 49.4 Å². The van der Waals surface area contributed by atoms with E-state index in [0.717, 1.165) is 54.5 Å². The minimum atomic E-state index is -4.71. The molecular weight excluding hydrogens is 974 g/mol. The number of benzene rings is 3. The van der Waals surface area contributed by atoms with Gasteiger partial charge in [0, 0.05) is 25.1 Å². The van der Waals surface area contributed by atoms with Crippen LogP contribution in [0.4, 0.5) is 5.82 Å². The van der Waals surface area contributed by atoms with E-state index in [1.165, 1.54) is 19.1 Å². The number of carbonyl (C=O) groups is 3. The van der Waals surface area contributed by atoms with Gasteiger partial charge in [-0.15, -0.1) is 0 Å². The molecule has 14 nitrogen and oxygen atoms in total. The van der Waals surface area contributed by atoms with Crippen molar-refractivity contribution in [3.05, 3.63) is 112 Å². The quantitative estimate of drug-likeness (QED) is 0.0378. The van der Waals surface area contributed by atoms with E-state index in [9.17, 15) is 22.6 Å². The van der Waals surface area contributed by atoms with Crippen LogP contribution in [0.2, 0.25) is 0 Å². The number of anilines is 1. The normalized spacial score (nSPS) is 24.4. The van der Waals surface area contributed by atoms with Crippen molar-refractivity contribution < 1.29 is 66.1 Å². The van der Waals surface area contributed by atoms with E-state index in [1.54, 1.807) is 13.0 Å². The van der Waals surface area contributed by atoms with Crippen LogP contribution in [-0.4, -0.2) is 54.9 Å². The van der Waals surface area contributed by atoms with Crippen LogP contribution in [-0.2, 0) is 65.1 Å². The minimum absolute atomic E-state index is 0. The SMILES string of the molecule is CCC(Oc1ccc(S(=O)(=O)[O-])cc1)C(=O)NC1=N/C(=C\c2[n-]c(NC(C)=O)c(COOC3C(C)CC(C)CC3C)c2-c2ccccc2C)C(c2ccccc2C)=C1C(=O)OC1C(C)CC(C)CC1C.[Zn]. The summed E-state index contributed by atoms with van der Waals surface area (Å²) in [5, 5.41) is 5.84. The second-order valence-electron chi connectivity index (χ2n) is 19.9. The summed E-state index contributed by atoms with van der Waals surface area (Å²) in [6.45, 7) is 20.0. The zero-order valence-electron chi connectivity index (χ0n) is 42.5. The molecule has 0 bridgehead atoms. The molecule has 376 valence electrons. The molecule has 2 N–H and O–H groups in total. The Morgan fingerprint density at radius 2 is 1.35 bits per heavy atom. The number of rotatable bonds is 15. The minimum Gasteiger partial charge on any atom is -0.744 e. The Kier molecular flexibility index (Phi) is 18.3. The van der Waals surface area contributed by atoms with E-state index in [2.05, 4.69) is 52.2 Å². The van der Waals surface area contributed by atoms with Gasteiger partial charge in [-0.1, -0.05) is 103 Å². The number of aryl methyl sites for hydroxylation is 2. The monoisotopic (exact) mass is 1040 g/mol. The molecule has 4 aromatic rings. The van der Waals surface area contributed by atoms with Gasteiger partial charge in [-0.25, -0.2) is 28.0 Å². The van der Waals surface area contributed by atoms with Crippen LogP contribution in [0.3, 0.4) is 0 Å². The van der Waals surface area contributed by atoms with Crippen molar-refractivity contribution in [2.45, 2.75) is 131 Å². The Morgan fingerprint density at radius 1 is 0.803 bits per heavy atom. The number of amides is 2. The van der Waals surface area contributed by atoms with Crippen LogP contribution in [0.15, 0.2) is 94.0 Å². The van der Waals surface area contributed by atoms with Gasteiger partial charge in [-0.2, -0.15) is 0 Å². The maximum absolute atomic E-state index is 15.1. The van der Waals surface area contributed by atoms with E-state index >= 15 is 4.79 Å². The molecular formula is C55H66N4O10SZn-2. The molecule has 0 spiro atoms. The van der Waals surface area contributed by atoms with E-state index in [4.69, 9.17) is 29.2 Å². The van der Waals surface area contributed by atoms with E-state index < -0.39 is 39.1 Å². The van der Waals surface area contributed by atoms with Crippen molar-refractivity contribution in [3.8, 4) is 16.9 Å². The molecule has 2 aliphatic carbocycles. The fraction of sp³-hybridized carbons (Fsp3) is 0.455. The summed E-state index contributed by atoms with van der Waals surface area (Å²) in [6, 6.07) is 20.2. The Morgan fingerprint density at radius 3 is 1.89 bits per heavy atom. The number of carbonyl (C=O) groups excluding carboxylic acids is 3. The molecule has 0 saturated heterocycles. The van der Waals surface area contributed by atoms with Crippen molar-refractivity contribution in [1.82, 2.24) is 10.3 Å². The number of hydrogen-bond acceptors (Lipinski definition) is 11. The predicted molar refractivity (Wildman–Crippen MR) is 268 cm³/mol. The van der Waals surface area contributed by atoms with E-state index in [0.29, 0.717) is 45.5 Å². The Bertz CT molecular complexity index is 2780. The second kappa shape index (κ2) is 23.5. The van der Waals surface area contributed by atoms with Crippen molar-refractivity contribution >= 4 is 51.2 Å². The van der Waals surface area contributed by atoms with Crippen LogP contribution < -0.4 is 20.4 Å². The van der Waals surface area contributed by atoms with Crippen LogP contribution in [0.25, 0.3) is 22.8 Å². The summed E-state index contributed by atoms with van der Waals surface area (Å²) in [6.07, 6.45) is 4.04. The molecule has 7 rings (SSSR count). The third-order valence-electron chi connectivity index (χ3n) is 13.9. The summed E-state index contributed by atoms with van der Waals surface area (Å²) in [7, 11) is -4.71. The Hall–Kier alpha value is -5.25. The van der Waals surface area contributed by atoms with Gasteiger partial charge in [0.2, 0.25) is 0 Å². The van der Waals surface area contributed by atoms with Crippen LogP contribution in [0.1, 0.15) is 115 Å². The van der Waals surface area contributed by atoms with E-state index in [-0.39, 0.29) is 91.2 Å². The molecule has 3 aliphatic rings. The molecule has 2 saturated carbocycles. The summed E-state index contributed by atoms with van der Waals surface area (Å²) >= 11 is 0. The first-order valence-corrected chi connectivity index (χ1v) is 25.8. The fourth-order valence-corrected chi connectivity index (χ4v) is 11.3. The molecule has 5 unspecified atom stereocenters. The van der Waals surface area contributed by atoms with Gasteiger partial charge in [0.05, 0.1) is 16.7 Å². The molecule has 5 atom stereocenters. The topological polar surface area (TPSA) is 196 Å². The van der Waals surface area contributed by atoms with Crippen molar-refractivity contribution in [3.63, 3.8) is 0 Å². The average molecular weight is 1040 g/mol. The second-order valence-corrected chi connectivity index (χ2v) is 21.3. The largest absolute Gasteiger partial charge is 0.744 e. The number of amidine groups is 1. The number of hydrogen-bond donors (Lipinski definition) is 2. The van der Waals surface area contributed by atoms with Crippen molar-refractivity contribution in [2.75, 3.05) is 5.32 Å². The Balaban J connectivity index is 0.00000825. The third-order valence-corrected chi connectivity index (χ3v) is 14.8. The zero-order valence-corrected chi connectivity index (χ0v) is 46.3. The first-order valence-electron chi connectivity index (χ1n) is 24.4. The molecule has 1 aliphatic heterocycles. The van der Waals surface area contributed by atoms with Gasteiger partial charge in [0.15, 0.2) is 6.10 Å². The number of nitrogens with zero attached hydrogens (tertiary/aromatic N) is 2. The Labute approximate surface area is 431 Å². The maximum Gasteiger partial charge on any atom is 0.342 e. The number of aliphatic imine (C=N–C) groups is 1. The van der Waals surface area contributed by atoms with Gasteiger partial charge in [-0.3, -0.25) is 9.59 Å². The molecule has 2 fully saturated rings. The van der Waals surface area contributed by atoms with Gasteiger partial charge in [0.1, 0.15) is 45.9 Å². The van der Waals surface area contributed by atoms with Crippen LogP contribution >= 0.6 is 0 Å². The predicted octanol–water partition coefficient (Wildman–Crippen LogP) is 10.1. The number of ether oxygens (including phenoxy) is 2. The molecule has 0 radical (unpaired) electrons. The van der Waals surface area contributed by atoms with Crippen molar-refractivity contribution in [1.29, 1.82) is 0 Å². The molecule has 16 heteroatoms. The first kappa shape index (κ1) is 55.1. The van der Waals surface area contributed by atoms with Gasteiger partial charge >= 0.3 is 5.97 Å². The summed E-state index contributed by atoms with van der Waals surface area (Å²) in [5.41, 5.74) is 5.62. The van der Waals surface area contributed by atoms with Gasteiger partial charge in [-0.05, 0) is 158 Å². The number of esters is 1. The van der Waals surface area contributed by atoms with Gasteiger partial charge < -0.3 is 29.6 Å². The number of aromatic nitrogens is 1. The smallest absolute Gasteiger partial charge is 0.342 e. The molecule has 3 aromatic carbocycles. The standard InChI is InChI=1S/C55H68N4O10S.Zn/c1-11-46(67-39-20-22-40(23-21-39)70(63,64)65)54(61)59-53-49(55(62)68-50-34(6)24-30(2)25-35(50)7)48(42-19-15-13-17-33(42)5)45(58-53)28-44-47(41-18-14-12-16-32(41)4)43(52(57-44)56-38(10)60)29-66-69-51-36(8)26-31(3)27-37(51)9;/h12-23,28,30-31,34-37,46,50-51H,11,24-27,29H2,1-10H3,(H4,56,57,58,59,60,61,62,63,64,65);/p-2. The molecule has 2 heterocycles. The number of nitrogens with one attached hydrogen (secondary N) is 2. The fourth-order valence-electron chi connectivity index (χ4n) is 10.8. The summed E-state index contributed by atoms with van der Waals surface area (Å²) < 4.78 is 47.4. The maximum atomic E-state index is 15.1. The average Bonchev–Trinajstić information content (AvgIpc) is 3.80. The summed E-state index contributed by atoms with van der Waals surface area (Å²) in [4.78, 5) is 64.4.